The van der Waals surface area contributed by atoms with E-state index in [4.69, 9.17) is 14.0 Å². The first kappa shape index (κ1) is 17.4. The maximum atomic E-state index is 5.40. The highest BCUT2D eigenvalue weighted by molar-refractivity contribution is 7.98. The predicted molar refractivity (Wildman–Crippen MR) is 98.3 cm³/mol. The van der Waals surface area contributed by atoms with E-state index in [2.05, 4.69) is 42.2 Å². The summed E-state index contributed by atoms with van der Waals surface area (Å²) in [5.41, 5.74) is 3.34. The van der Waals surface area contributed by atoms with Crippen LogP contribution in [0.15, 0.2) is 45.8 Å². The predicted octanol–water partition coefficient (Wildman–Crippen LogP) is 4.66. The van der Waals surface area contributed by atoms with Crippen molar-refractivity contribution in [2.45, 2.75) is 24.5 Å². The molecule has 6 heteroatoms. The van der Waals surface area contributed by atoms with E-state index in [1.54, 1.807) is 32.0 Å². The molecule has 0 aliphatic carbocycles. The van der Waals surface area contributed by atoms with Crippen LogP contribution < -0.4 is 9.47 Å². The Hall–Kier alpha value is -2.47. The summed E-state index contributed by atoms with van der Waals surface area (Å²) < 4.78 is 16.0. The first-order valence-electron chi connectivity index (χ1n) is 7.85. The number of aryl methyl sites for hydroxylation is 2. The molecule has 3 rings (SSSR count). The van der Waals surface area contributed by atoms with Gasteiger partial charge in [0.1, 0.15) is 11.5 Å². The van der Waals surface area contributed by atoms with E-state index in [-0.39, 0.29) is 0 Å². The lowest BCUT2D eigenvalue weighted by atomic mass is 10.1. The van der Waals surface area contributed by atoms with E-state index in [1.165, 1.54) is 16.0 Å². The van der Waals surface area contributed by atoms with E-state index in [0.717, 1.165) is 11.3 Å². The summed E-state index contributed by atoms with van der Waals surface area (Å²) in [5.74, 6) is 3.07. The molecule has 0 aliphatic rings. The van der Waals surface area contributed by atoms with Gasteiger partial charge in [0, 0.05) is 11.0 Å². The minimum absolute atomic E-state index is 0.509. The third-order valence-corrected chi connectivity index (χ3v) is 4.94. The van der Waals surface area contributed by atoms with E-state index in [1.807, 2.05) is 12.1 Å². The number of rotatable bonds is 6. The van der Waals surface area contributed by atoms with Crippen LogP contribution in [0.2, 0.25) is 0 Å². The van der Waals surface area contributed by atoms with Gasteiger partial charge in [0.15, 0.2) is 0 Å². The lowest BCUT2D eigenvalue weighted by Crippen LogP contribution is -1.91. The Morgan fingerprint density at radius 2 is 1.84 bits per heavy atom. The molecule has 0 bridgehead atoms. The van der Waals surface area contributed by atoms with Crippen LogP contribution in [0.4, 0.5) is 0 Å². The maximum absolute atomic E-state index is 5.40. The molecule has 25 heavy (non-hydrogen) atoms. The highest BCUT2D eigenvalue weighted by Gasteiger charge is 2.14. The van der Waals surface area contributed by atoms with Gasteiger partial charge in [0.25, 0.3) is 0 Å². The SMILES string of the molecule is COc1ccc(-c2noc(CSc3ccc(C)c(C)c3)n2)c(OC)c1. The van der Waals surface area contributed by atoms with Gasteiger partial charge >= 0.3 is 0 Å². The molecule has 5 nitrogen and oxygen atoms in total. The molecule has 0 saturated carbocycles. The highest BCUT2D eigenvalue weighted by Crippen LogP contribution is 2.32. The van der Waals surface area contributed by atoms with E-state index >= 15 is 0 Å². The van der Waals surface area contributed by atoms with E-state index < -0.39 is 0 Å². The van der Waals surface area contributed by atoms with Crippen molar-refractivity contribution in [1.82, 2.24) is 10.1 Å². The molecule has 0 amide bonds. The van der Waals surface area contributed by atoms with Gasteiger partial charge in [0.2, 0.25) is 11.7 Å². The Balaban J connectivity index is 1.75. The Kier molecular flexibility index (Phi) is 5.28. The summed E-state index contributed by atoms with van der Waals surface area (Å²) in [6.45, 7) is 4.22. The van der Waals surface area contributed by atoms with Crippen LogP contribution in [0.1, 0.15) is 17.0 Å². The number of thioether (sulfide) groups is 1. The number of methoxy groups -OCH3 is 2. The molecule has 0 fully saturated rings. The normalized spacial score (nSPS) is 10.7. The second-order valence-corrected chi connectivity index (χ2v) is 6.66. The third-order valence-electron chi connectivity index (χ3n) is 3.96. The monoisotopic (exact) mass is 356 g/mol. The molecule has 3 aromatic rings. The lowest BCUT2D eigenvalue weighted by molar-refractivity contribution is 0.388. The fraction of sp³-hybridized carbons (Fsp3) is 0.263. The molecule has 0 saturated heterocycles. The standard InChI is InChI=1S/C19H20N2O3S/c1-12-5-7-15(9-13(12)2)25-11-18-20-19(21-24-18)16-8-6-14(22-3)10-17(16)23-4/h5-10H,11H2,1-4H3. The van der Waals surface area contributed by atoms with Crippen molar-refractivity contribution in [1.29, 1.82) is 0 Å². The first-order valence-corrected chi connectivity index (χ1v) is 8.84. The van der Waals surface area contributed by atoms with Gasteiger partial charge in [-0.25, -0.2) is 0 Å². The maximum Gasteiger partial charge on any atom is 0.237 e. The van der Waals surface area contributed by atoms with Crippen LogP contribution in [0, 0.1) is 13.8 Å². The van der Waals surface area contributed by atoms with E-state index in [9.17, 15) is 0 Å². The highest BCUT2D eigenvalue weighted by atomic mass is 32.2. The Labute approximate surface area is 151 Å². The number of benzene rings is 2. The number of nitrogens with zero attached hydrogens (tertiary/aromatic N) is 2. The molecule has 0 atom stereocenters. The van der Waals surface area contributed by atoms with Crippen molar-refractivity contribution in [3.05, 3.63) is 53.4 Å². The number of hydrogen-bond donors (Lipinski definition) is 0. The van der Waals surface area contributed by atoms with Gasteiger partial charge in [-0.3, -0.25) is 0 Å². The van der Waals surface area contributed by atoms with Gasteiger partial charge in [-0.05, 0) is 49.2 Å². The van der Waals surface area contributed by atoms with Crippen molar-refractivity contribution < 1.29 is 14.0 Å². The van der Waals surface area contributed by atoms with Crippen LogP contribution in [0.25, 0.3) is 11.4 Å². The second-order valence-electron chi connectivity index (χ2n) is 5.61. The average molecular weight is 356 g/mol. The summed E-state index contributed by atoms with van der Waals surface area (Å²) in [6.07, 6.45) is 0. The molecule has 0 N–H and O–H groups in total. The van der Waals surface area contributed by atoms with Crippen molar-refractivity contribution in [2.75, 3.05) is 14.2 Å². The molecule has 0 unspecified atom stereocenters. The smallest absolute Gasteiger partial charge is 0.237 e. The van der Waals surface area contributed by atoms with Crippen LogP contribution >= 0.6 is 11.8 Å². The summed E-state index contributed by atoms with van der Waals surface area (Å²) in [5, 5.41) is 4.07. The number of hydrogen-bond acceptors (Lipinski definition) is 6. The zero-order valence-electron chi connectivity index (χ0n) is 14.7. The summed E-state index contributed by atoms with van der Waals surface area (Å²) in [6, 6.07) is 11.9. The zero-order valence-corrected chi connectivity index (χ0v) is 15.5. The Morgan fingerprint density at radius 3 is 2.56 bits per heavy atom. The van der Waals surface area contributed by atoms with Crippen LogP contribution in [0.3, 0.4) is 0 Å². The number of aromatic nitrogens is 2. The van der Waals surface area contributed by atoms with Gasteiger partial charge in [-0.15, -0.1) is 11.8 Å². The van der Waals surface area contributed by atoms with E-state index in [0.29, 0.717) is 23.2 Å². The lowest BCUT2D eigenvalue weighted by Gasteiger charge is -2.07. The van der Waals surface area contributed by atoms with Crippen molar-refractivity contribution in [2.24, 2.45) is 0 Å². The van der Waals surface area contributed by atoms with Crippen LogP contribution in [-0.2, 0) is 5.75 Å². The van der Waals surface area contributed by atoms with Crippen LogP contribution in [0.5, 0.6) is 11.5 Å². The minimum atomic E-state index is 0.509. The molecule has 0 radical (unpaired) electrons. The van der Waals surface area contributed by atoms with Gasteiger partial charge in [-0.2, -0.15) is 4.98 Å². The molecule has 0 aliphatic heterocycles. The molecule has 2 aromatic carbocycles. The van der Waals surface area contributed by atoms with Crippen molar-refractivity contribution >= 4 is 11.8 Å². The zero-order chi connectivity index (χ0) is 17.8. The summed E-state index contributed by atoms with van der Waals surface area (Å²) in [7, 11) is 3.22. The molecular weight excluding hydrogens is 336 g/mol. The summed E-state index contributed by atoms with van der Waals surface area (Å²) in [4.78, 5) is 5.67. The van der Waals surface area contributed by atoms with Crippen molar-refractivity contribution in [3.8, 4) is 22.9 Å². The Bertz CT molecular complexity index is 877. The fourth-order valence-electron chi connectivity index (χ4n) is 2.35. The average Bonchev–Trinajstić information content (AvgIpc) is 3.11. The minimum Gasteiger partial charge on any atom is -0.497 e. The number of ether oxygens (including phenoxy) is 2. The largest absolute Gasteiger partial charge is 0.497 e. The fourth-order valence-corrected chi connectivity index (χ4v) is 3.19. The summed E-state index contributed by atoms with van der Waals surface area (Å²) >= 11 is 1.67. The second kappa shape index (κ2) is 7.61. The van der Waals surface area contributed by atoms with Crippen molar-refractivity contribution in [3.63, 3.8) is 0 Å². The van der Waals surface area contributed by atoms with Gasteiger partial charge < -0.3 is 14.0 Å². The molecule has 1 aromatic heterocycles. The van der Waals surface area contributed by atoms with Gasteiger partial charge in [0.05, 0.1) is 25.5 Å². The quantitative estimate of drug-likeness (QED) is 0.599. The molecule has 130 valence electrons. The molecule has 1 heterocycles. The van der Waals surface area contributed by atoms with Gasteiger partial charge in [-0.1, -0.05) is 11.2 Å². The van der Waals surface area contributed by atoms with Crippen LogP contribution in [-0.4, -0.2) is 24.4 Å². The first-order chi connectivity index (χ1) is 12.1. The molecular formula is C19H20N2O3S. The topological polar surface area (TPSA) is 57.4 Å². The Morgan fingerprint density at radius 1 is 1.00 bits per heavy atom. The third kappa shape index (κ3) is 3.96. The molecule has 0 spiro atoms.